The van der Waals surface area contributed by atoms with Gasteiger partial charge in [-0.3, -0.25) is 9.78 Å². The second-order valence-electron chi connectivity index (χ2n) is 5.06. The lowest BCUT2D eigenvalue weighted by Gasteiger charge is -2.20. The molecule has 4 nitrogen and oxygen atoms in total. The van der Waals surface area contributed by atoms with E-state index in [1.807, 2.05) is 6.92 Å². The molecule has 0 radical (unpaired) electrons. The second kappa shape index (κ2) is 6.47. The summed E-state index contributed by atoms with van der Waals surface area (Å²) in [5.41, 5.74) is 1.25. The highest BCUT2D eigenvalue weighted by molar-refractivity contribution is 5.92. The Labute approximate surface area is 108 Å². The van der Waals surface area contributed by atoms with Crippen molar-refractivity contribution in [1.82, 2.24) is 15.3 Å². The number of nitrogens with zero attached hydrogens (tertiary/aromatic N) is 2. The largest absolute Gasteiger partial charge is 0.348 e. The summed E-state index contributed by atoms with van der Waals surface area (Å²) in [6, 6.07) is 0.306. The predicted octanol–water partition coefficient (Wildman–Crippen LogP) is 2.63. The molecule has 0 aliphatic heterocycles. The van der Waals surface area contributed by atoms with Gasteiger partial charge in [-0.05, 0) is 19.8 Å². The molecule has 1 aromatic rings. The molecule has 1 aromatic heterocycles. The zero-order chi connectivity index (χ0) is 12.8. The van der Waals surface area contributed by atoms with Crippen molar-refractivity contribution >= 4 is 5.91 Å². The van der Waals surface area contributed by atoms with E-state index in [2.05, 4.69) is 15.3 Å². The van der Waals surface area contributed by atoms with Crippen LogP contribution in [0.15, 0.2) is 12.4 Å². The Kier molecular flexibility index (Phi) is 4.67. The molecule has 1 N–H and O–H groups in total. The van der Waals surface area contributed by atoms with Crippen molar-refractivity contribution in [3.05, 3.63) is 23.8 Å². The molecule has 1 aliphatic carbocycles. The zero-order valence-corrected chi connectivity index (χ0v) is 11.0. The molecule has 1 heterocycles. The predicted molar refractivity (Wildman–Crippen MR) is 70.3 cm³/mol. The Morgan fingerprint density at radius 3 is 2.39 bits per heavy atom. The molecule has 1 aliphatic rings. The number of aromatic nitrogens is 2. The summed E-state index contributed by atoms with van der Waals surface area (Å²) in [6.07, 6.45) is 11.7. The van der Waals surface area contributed by atoms with Crippen LogP contribution in [-0.2, 0) is 0 Å². The van der Waals surface area contributed by atoms with E-state index in [-0.39, 0.29) is 5.91 Å². The van der Waals surface area contributed by atoms with Crippen LogP contribution in [0.4, 0.5) is 0 Å². The molecule has 18 heavy (non-hydrogen) atoms. The number of hydrogen-bond acceptors (Lipinski definition) is 3. The summed E-state index contributed by atoms with van der Waals surface area (Å²) in [5, 5.41) is 3.08. The van der Waals surface area contributed by atoms with Crippen LogP contribution in [0, 0.1) is 6.92 Å². The Bertz CT molecular complexity index is 381. The molecular formula is C14H21N3O. The highest BCUT2D eigenvalue weighted by Gasteiger charge is 2.15. The number of carbonyl (C=O) groups excluding carboxylic acids is 1. The van der Waals surface area contributed by atoms with Crippen molar-refractivity contribution < 1.29 is 4.79 Å². The number of rotatable bonds is 2. The Hall–Kier alpha value is -1.45. The first-order valence-corrected chi connectivity index (χ1v) is 6.85. The summed E-state index contributed by atoms with van der Waals surface area (Å²) >= 11 is 0. The van der Waals surface area contributed by atoms with Crippen molar-refractivity contribution in [2.75, 3.05) is 0 Å². The van der Waals surface area contributed by atoms with E-state index < -0.39 is 0 Å². The third-order valence-corrected chi connectivity index (χ3v) is 3.45. The average Bonchev–Trinajstić information content (AvgIpc) is 2.33. The lowest BCUT2D eigenvalue weighted by molar-refractivity contribution is 0.0925. The van der Waals surface area contributed by atoms with Crippen LogP contribution in [-0.4, -0.2) is 21.9 Å². The lowest BCUT2D eigenvalue weighted by atomic mass is 9.96. The molecular weight excluding hydrogens is 226 g/mol. The van der Waals surface area contributed by atoms with Crippen LogP contribution in [0.25, 0.3) is 0 Å². The van der Waals surface area contributed by atoms with Crippen molar-refractivity contribution in [2.24, 2.45) is 0 Å². The quantitative estimate of drug-likeness (QED) is 0.874. The third-order valence-electron chi connectivity index (χ3n) is 3.45. The SMILES string of the molecule is Cc1cnc(C(=O)NC2CCCCCCC2)cn1. The van der Waals surface area contributed by atoms with E-state index >= 15 is 0 Å². The maximum absolute atomic E-state index is 12.0. The maximum Gasteiger partial charge on any atom is 0.271 e. The smallest absolute Gasteiger partial charge is 0.271 e. The van der Waals surface area contributed by atoms with Gasteiger partial charge in [0.25, 0.3) is 5.91 Å². The first-order valence-electron chi connectivity index (χ1n) is 6.85. The van der Waals surface area contributed by atoms with Crippen LogP contribution in [0.3, 0.4) is 0 Å². The fourth-order valence-electron chi connectivity index (χ4n) is 2.37. The molecule has 0 saturated heterocycles. The van der Waals surface area contributed by atoms with Crippen LogP contribution >= 0.6 is 0 Å². The van der Waals surface area contributed by atoms with Gasteiger partial charge in [0, 0.05) is 12.2 Å². The van der Waals surface area contributed by atoms with Gasteiger partial charge in [0.05, 0.1) is 11.9 Å². The maximum atomic E-state index is 12.0. The van der Waals surface area contributed by atoms with Gasteiger partial charge in [-0.1, -0.05) is 32.1 Å². The van der Waals surface area contributed by atoms with Gasteiger partial charge in [-0.2, -0.15) is 0 Å². The van der Waals surface area contributed by atoms with E-state index in [0.29, 0.717) is 11.7 Å². The molecule has 2 rings (SSSR count). The van der Waals surface area contributed by atoms with Gasteiger partial charge < -0.3 is 5.32 Å². The van der Waals surface area contributed by atoms with Gasteiger partial charge in [0.15, 0.2) is 0 Å². The van der Waals surface area contributed by atoms with E-state index in [1.54, 1.807) is 12.4 Å². The molecule has 1 saturated carbocycles. The van der Waals surface area contributed by atoms with Gasteiger partial charge in [-0.25, -0.2) is 4.98 Å². The minimum atomic E-state index is -0.0897. The van der Waals surface area contributed by atoms with Crippen LogP contribution in [0.1, 0.15) is 61.1 Å². The normalized spacial score (nSPS) is 17.8. The third kappa shape index (κ3) is 3.79. The first kappa shape index (κ1) is 13.0. The summed E-state index contributed by atoms with van der Waals surface area (Å²) in [5.74, 6) is -0.0897. The van der Waals surface area contributed by atoms with E-state index in [1.165, 1.54) is 32.1 Å². The Morgan fingerprint density at radius 2 is 1.78 bits per heavy atom. The lowest BCUT2D eigenvalue weighted by Crippen LogP contribution is -2.35. The van der Waals surface area contributed by atoms with E-state index in [0.717, 1.165) is 18.5 Å². The molecule has 1 fully saturated rings. The van der Waals surface area contributed by atoms with Crippen LogP contribution in [0.5, 0.6) is 0 Å². The summed E-state index contributed by atoms with van der Waals surface area (Å²) < 4.78 is 0. The first-order chi connectivity index (χ1) is 8.75. The molecule has 0 unspecified atom stereocenters. The van der Waals surface area contributed by atoms with E-state index in [4.69, 9.17) is 0 Å². The summed E-state index contributed by atoms with van der Waals surface area (Å²) in [6.45, 7) is 1.86. The fourth-order valence-corrected chi connectivity index (χ4v) is 2.37. The van der Waals surface area contributed by atoms with Crippen molar-refractivity contribution in [2.45, 2.75) is 57.9 Å². The molecule has 0 spiro atoms. The van der Waals surface area contributed by atoms with E-state index in [9.17, 15) is 4.79 Å². The highest BCUT2D eigenvalue weighted by Crippen LogP contribution is 2.17. The average molecular weight is 247 g/mol. The van der Waals surface area contributed by atoms with Gasteiger partial charge in [-0.15, -0.1) is 0 Å². The molecule has 98 valence electrons. The second-order valence-corrected chi connectivity index (χ2v) is 5.06. The standard InChI is InChI=1S/C14H21N3O/c1-11-9-16-13(10-15-11)14(18)17-12-7-5-3-2-4-6-8-12/h9-10,12H,2-8H2,1H3,(H,17,18). The molecule has 0 atom stereocenters. The van der Waals surface area contributed by atoms with Crippen LogP contribution < -0.4 is 5.32 Å². The number of hydrogen-bond donors (Lipinski definition) is 1. The number of carbonyl (C=O) groups is 1. The number of nitrogens with one attached hydrogen (secondary N) is 1. The van der Waals surface area contributed by atoms with Gasteiger partial charge in [0.1, 0.15) is 5.69 Å². The summed E-state index contributed by atoms with van der Waals surface area (Å²) in [7, 11) is 0. The molecule has 0 aromatic carbocycles. The number of aryl methyl sites for hydroxylation is 1. The van der Waals surface area contributed by atoms with Crippen molar-refractivity contribution in [1.29, 1.82) is 0 Å². The zero-order valence-electron chi connectivity index (χ0n) is 11.0. The summed E-state index contributed by atoms with van der Waals surface area (Å²) in [4.78, 5) is 20.2. The topological polar surface area (TPSA) is 54.9 Å². The van der Waals surface area contributed by atoms with Gasteiger partial charge in [0.2, 0.25) is 0 Å². The Morgan fingerprint density at radius 1 is 1.11 bits per heavy atom. The highest BCUT2D eigenvalue weighted by atomic mass is 16.1. The fraction of sp³-hybridized carbons (Fsp3) is 0.643. The number of amides is 1. The van der Waals surface area contributed by atoms with Gasteiger partial charge >= 0.3 is 0 Å². The molecule has 4 heteroatoms. The minimum absolute atomic E-state index is 0.0897. The molecule has 1 amide bonds. The minimum Gasteiger partial charge on any atom is -0.348 e. The monoisotopic (exact) mass is 247 g/mol. The van der Waals surface area contributed by atoms with Crippen LogP contribution in [0.2, 0.25) is 0 Å². The van der Waals surface area contributed by atoms with Crippen molar-refractivity contribution in [3.8, 4) is 0 Å². The van der Waals surface area contributed by atoms with Crippen molar-refractivity contribution in [3.63, 3.8) is 0 Å². The Balaban J connectivity index is 1.91. The molecule has 0 bridgehead atoms.